The molecule has 0 bridgehead atoms. The van der Waals surface area contributed by atoms with Crippen molar-refractivity contribution in [2.45, 2.75) is 37.6 Å². The van der Waals surface area contributed by atoms with Crippen molar-refractivity contribution in [3.05, 3.63) is 18.0 Å². The quantitative estimate of drug-likeness (QED) is 0.848. The standard InChI is InChI=1S/C10H12F2N2O2/c11-10(12)4-1-7(2-5-10)14-8(9(15)16)3-6-13-14/h3,6-7H,1-2,4-5H2,(H,15,16). The van der Waals surface area contributed by atoms with Crippen LogP contribution in [-0.4, -0.2) is 26.8 Å². The second kappa shape index (κ2) is 3.84. The minimum Gasteiger partial charge on any atom is -0.477 e. The third-order valence-electron chi connectivity index (χ3n) is 2.92. The number of hydrogen-bond donors (Lipinski definition) is 1. The highest BCUT2D eigenvalue weighted by Crippen LogP contribution is 2.38. The Morgan fingerprint density at radius 2 is 2.12 bits per heavy atom. The summed E-state index contributed by atoms with van der Waals surface area (Å²) in [7, 11) is 0. The first-order valence-electron chi connectivity index (χ1n) is 5.14. The Kier molecular flexibility index (Phi) is 2.65. The molecule has 0 spiro atoms. The van der Waals surface area contributed by atoms with Crippen LogP contribution >= 0.6 is 0 Å². The van der Waals surface area contributed by atoms with Gasteiger partial charge in [-0.25, -0.2) is 13.6 Å². The Labute approximate surface area is 90.9 Å². The molecule has 1 aliphatic carbocycles. The Balaban J connectivity index is 2.14. The summed E-state index contributed by atoms with van der Waals surface area (Å²) < 4.78 is 27.2. The molecule has 0 aliphatic heterocycles. The Hall–Kier alpha value is -1.46. The van der Waals surface area contributed by atoms with E-state index < -0.39 is 11.9 Å². The first-order chi connectivity index (χ1) is 7.49. The molecule has 16 heavy (non-hydrogen) atoms. The molecule has 2 rings (SSSR count). The van der Waals surface area contributed by atoms with Gasteiger partial charge in [0.25, 0.3) is 0 Å². The van der Waals surface area contributed by atoms with E-state index in [9.17, 15) is 13.6 Å². The molecule has 0 aromatic carbocycles. The van der Waals surface area contributed by atoms with E-state index in [1.165, 1.54) is 16.9 Å². The number of rotatable bonds is 2. The van der Waals surface area contributed by atoms with Crippen LogP contribution in [0, 0.1) is 0 Å². The van der Waals surface area contributed by atoms with E-state index in [4.69, 9.17) is 5.11 Å². The topological polar surface area (TPSA) is 55.1 Å². The summed E-state index contributed by atoms with van der Waals surface area (Å²) in [6.45, 7) is 0. The van der Waals surface area contributed by atoms with Gasteiger partial charge in [0.15, 0.2) is 0 Å². The third kappa shape index (κ3) is 2.05. The molecule has 88 valence electrons. The summed E-state index contributed by atoms with van der Waals surface area (Å²) in [5.74, 6) is -3.68. The molecule has 0 unspecified atom stereocenters. The van der Waals surface area contributed by atoms with Gasteiger partial charge in [0.05, 0.1) is 6.04 Å². The van der Waals surface area contributed by atoms with Gasteiger partial charge >= 0.3 is 5.97 Å². The second-order valence-electron chi connectivity index (χ2n) is 4.05. The van der Waals surface area contributed by atoms with Gasteiger partial charge in [-0.05, 0) is 18.9 Å². The fraction of sp³-hybridized carbons (Fsp3) is 0.600. The van der Waals surface area contributed by atoms with E-state index >= 15 is 0 Å². The van der Waals surface area contributed by atoms with Gasteiger partial charge in [0, 0.05) is 19.0 Å². The predicted molar refractivity (Wildman–Crippen MR) is 51.6 cm³/mol. The Morgan fingerprint density at radius 1 is 1.50 bits per heavy atom. The number of carboxylic acid groups (broad SMARTS) is 1. The molecule has 0 radical (unpaired) electrons. The molecule has 1 aromatic heterocycles. The number of halogens is 2. The van der Waals surface area contributed by atoms with Crippen LogP contribution in [-0.2, 0) is 0 Å². The fourth-order valence-corrected chi connectivity index (χ4v) is 2.04. The Morgan fingerprint density at radius 3 is 2.69 bits per heavy atom. The molecule has 1 fully saturated rings. The summed E-state index contributed by atoms with van der Waals surface area (Å²) >= 11 is 0. The van der Waals surface area contributed by atoms with E-state index in [0.717, 1.165) is 0 Å². The minimum absolute atomic E-state index is 0.0650. The van der Waals surface area contributed by atoms with Gasteiger partial charge in [-0.3, -0.25) is 4.68 Å². The summed E-state index contributed by atoms with van der Waals surface area (Å²) in [6.07, 6.45) is 1.54. The maximum absolute atomic E-state index is 12.9. The number of carbonyl (C=O) groups is 1. The number of hydrogen-bond acceptors (Lipinski definition) is 2. The maximum Gasteiger partial charge on any atom is 0.354 e. The average molecular weight is 230 g/mol. The minimum atomic E-state index is -2.60. The van der Waals surface area contributed by atoms with Crippen molar-refractivity contribution in [1.29, 1.82) is 0 Å². The lowest BCUT2D eigenvalue weighted by Crippen LogP contribution is -2.28. The van der Waals surface area contributed by atoms with Crippen LogP contribution in [0.15, 0.2) is 12.3 Å². The summed E-state index contributed by atoms with van der Waals surface area (Å²) in [6, 6.07) is 1.16. The molecule has 1 heterocycles. The van der Waals surface area contributed by atoms with E-state index in [1.807, 2.05) is 0 Å². The van der Waals surface area contributed by atoms with Crippen molar-refractivity contribution in [3.63, 3.8) is 0 Å². The largest absolute Gasteiger partial charge is 0.477 e. The molecular weight excluding hydrogens is 218 g/mol. The zero-order valence-electron chi connectivity index (χ0n) is 8.57. The highest BCUT2D eigenvalue weighted by Gasteiger charge is 2.36. The molecule has 6 heteroatoms. The smallest absolute Gasteiger partial charge is 0.354 e. The summed E-state index contributed by atoms with van der Waals surface area (Å²) in [5, 5.41) is 12.8. The average Bonchev–Trinajstić information content (AvgIpc) is 2.66. The Bertz CT molecular complexity index is 393. The van der Waals surface area contributed by atoms with Crippen molar-refractivity contribution in [3.8, 4) is 0 Å². The third-order valence-corrected chi connectivity index (χ3v) is 2.92. The molecule has 1 aliphatic rings. The van der Waals surface area contributed by atoms with Gasteiger partial charge in [-0.15, -0.1) is 0 Å². The number of alkyl halides is 2. The molecule has 0 atom stereocenters. The second-order valence-corrected chi connectivity index (χ2v) is 4.05. The first-order valence-corrected chi connectivity index (χ1v) is 5.14. The van der Waals surface area contributed by atoms with Crippen molar-refractivity contribution >= 4 is 5.97 Å². The molecule has 0 saturated heterocycles. The first kappa shape index (κ1) is 11.0. The van der Waals surface area contributed by atoms with Gasteiger partial charge < -0.3 is 5.11 Å². The van der Waals surface area contributed by atoms with Crippen LogP contribution in [0.1, 0.15) is 42.2 Å². The fourth-order valence-electron chi connectivity index (χ4n) is 2.04. The molecular formula is C10H12F2N2O2. The summed E-state index contributed by atoms with van der Waals surface area (Å²) in [5.41, 5.74) is 0.0650. The highest BCUT2D eigenvalue weighted by molar-refractivity contribution is 5.85. The van der Waals surface area contributed by atoms with Crippen molar-refractivity contribution in [2.24, 2.45) is 0 Å². The molecule has 1 aromatic rings. The van der Waals surface area contributed by atoms with E-state index in [1.54, 1.807) is 0 Å². The van der Waals surface area contributed by atoms with Crippen LogP contribution in [0.3, 0.4) is 0 Å². The summed E-state index contributed by atoms with van der Waals surface area (Å²) in [4.78, 5) is 10.8. The molecule has 0 amide bonds. The van der Waals surface area contributed by atoms with Gasteiger partial charge in [-0.2, -0.15) is 5.10 Å². The number of aromatic carboxylic acids is 1. The molecule has 1 N–H and O–H groups in total. The normalized spacial score (nSPS) is 20.9. The van der Waals surface area contributed by atoms with Crippen molar-refractivity contribution in [1.82, 2.24) is 9.78 Å². The van der Waals surface area contributed by atoms with Gasteiger partial charge in [0.2, 0.25) is 5.92 Å². The van der Waals surface area contributed by atoms with Crippen LogP contribution in [0.2, 0.25) is 0 Å². The van der Waals surface area contributed by atoms with Gasteiger partial charge in [0.1, 0.15) is 5.69 Å². The van der Waals surface area contributed by atoms with Crippen LogP contribution in [0.4, 0.5) is 8.78 Å². The monoisotopic (exact) mass is 230 g/mol. The maximum atomic E-state index is 12.9. The highest BCUT2D eigenvalue weighted by atomic mass is 19.3. The zero-order chi connectivity index (χ0) is 11.8. The van der Waals surface area contributed by atoms with Crippen LogP contribution in [0.5, 0.6) is 0 Å². The zero-order valence-corrected chi connectivity index (χ0v) is 8.57. The number of carboxylic acids is 1. The van der Waals surface area contributed by atoms with Crippen molar-refractivity contribution in [2.75, 3.05) is 0 Å². The number of aromatic nitrogens is 2. The lowest BCUT2D eigenvalue weighted by molar-refractivity contribution is -0.0451. The van der Waals surface area contributed by atoms with Crippen LogP contribution < -0.4 is 0 Å². The molecule has 1 saturated carbocycles. The number of nitrogens with zero attached hydrogens (tertiary/aromatic N) is 2. The van der Waals surface area contributed by atoms with E-state index in [0.29, 0.717) is 0 Å². The van der Waals surface area contributed by atoms with Crippen molar-refractivity contribution < 1.29 is 18.7 Å². The van der Waals surface area contributed by atoms with Crippen LogP contribution in [0.25, 0.3) is 0 Å². The van der Waals surface area contributed by atoms with E-state index in [-0.39, 0.29) is 37.4 Å². The molecule has 4 nitrogen and oxygen atoms in total. The van der Waals surface area contributed by atoms with Gasteiger partial charge in [-0.1, -0.05) is 0 Å². The SMILES string of the molecule is O=C(O)c1ccnn1C1CCC(F)(F)CC1. The lowest BCUT2D eigenvalue weighted by Gasteiger charge is -2.28. The predicted octanol–water partition coefficient (Wildman–Crippen LogP) is 2.33. The lowest BCUT2D eigenvalue weighted by atomic mass is 9.92. The van der Waals surface area contributed by atoms with E-state index in [2.05, 4.69) is 5.10 Å².